The molecule has 2 saturated heterocycles. The summed E-state index contributed by atoms with van der Waals surface area (Å²) in [5, 5.41) is 19.4. The van der Waals surface area contributed by atoms with E-state index in [9.17, 15) is 16.8 Å². The van der Waals surface area contributed by atoms with Gasteiger partial charge in [0.1, 0.15) is 11.5 Å². The van der Waals surface area contributed by atoms with Gasteiger partial charge >= 0.3 is 0 Å². The number of ether oxygens (including phenoxy) is 2. The number of aryl methyl sites for hydroxylation is 2. The van der Waals surface area contributed by atoms with E-state index in [0.29, 0.717) is 95.1 Å². The molecule has 86 heavy (non-hydrogen) atoms. The number of hydrogen-bond acceptors (Lipinski definition) is 14. The lowest BCUT2D eigenvalue weighted by Crippen LogP contribution is -2.39. The highest BCUT2D eigenvalue weighted by molar-refractivity contribution is 7.93. The number of benzene rings is 4. The average molecular weight is 1280 g/mol. The largest absolute Gasteiger partial charge is 0.495 e. The molecule has 8 aromatic rings. The normalized spacial score (nSPS) is 14.3. The summed E-state index contributed by atoms with van der Waals surface area (Å²) < 4.78 is 86.9. The summed E-state index contributed by atoms with van der Waals surface area (Å²) in [4.78, 5) is 4.81. The first kappa shape index (κ1) is 64.2. The molecule has 4 aromatic heterocycles. The molecule has 0 spiro atoms. The van der Waals surface area contributed by atoms with Gasteiger partial charge in [-0.25, -0.2) is 25.4 Å². The number of sulfonamides is 2. The molecule has 0 N–H and O–H groups in total. The van der Waals surface area contributed by atoms with Gasteiger partial charge in [-0.05, 0) is 160 Å². The fourth-order valence-corrected chi connectivity index (χ4v) is 15.9. The molecule has 0 amide bonds. The Labute approximate surface area is 519 Å². The minimum absolute atomic E-state index is 0.0875. The summed E-state index contributed by atoms with van der Waals surface area (Å²) in [5.41, 5.74) is 5.23. The van der Waals surface area contributed by atoms with Crippen molar-refractivity contribution in [3.63, 3.8) is 0 Å². The van der Waals surface area contributed by atoms with Gasteiger partial charge in [0.25, 0.3) is 0 Å². The van der Waals surface area contributed by atoms with Crippen LogP contribution in [0.15, 0.2) is 131 Å². The number of furan rings is 2. The second-order valence-corrected chi connectivity index (χ2v) is 40.5. The lowest BCUT2D eigenvalue weighted by Gasteiger charge is -2.28. The molecule has 2 aliphatic rings. The van der Waals surface area contributed by atoms with E-state index in [1.54, 1.807) is 75.3 Å². The van der Waals surface area contributed by atoms with Crippen molar-refractivity contribution in [3.05, 3.63) is 154 Å². The Morgan fingerprint density at radius 3 is 1.21 bits per heavy atom. The van der Waals surface area contributed by atoms with Crippen LogP contribution >= 0.6 is 23.2 Å². The van der Waals surface area contributed by atoms with Crippen molar-refractivity contribution in [1.29, 1.82) is 0 Å². The minimum atomic E-state index is -3.83. The van der Waals surface area contributed by atoms with Crippen molar-refractivity contribution >= 4 is 71.3 Å². The lowest BCUT2D eigenvalue weighted by atomic mass is 10.1. The van der Waals surface area contributed by atoms with E-state index in [1.165, 1.54) is 8.61 Å². The van der Waals surface area contributed by atoms with Gasteiger partial charge in [-0.2, -0.15) is 0 Å². The van der Waals surface area contributed by atoms with Crippen LogP contribution in [-0.2, 0) is 46.0 Å². The van der Waals surface area contributed by atoms with Crippen LogP contribution in [0, 0.1) is 0 Å². The Balaban J connectivity index is 0.000000205. The molecule has 0 radical (unpaired) electrons. The van der Waals surface area contributed by atoms with Gasteiger partial charge in [0.2, 0.25) is 43.6 Å². The third-order valence-electron chi connectivity index (χ3n) is 15.4. The smallest absolute Gasteiger partial charge is 0.246 e. The first-order valence-electron chi connectivity index (χ1n) is 29.4. The van der Waals surface area contributed by atoms with Gasteiger partial charge in [-0.15, -0.1) is 20.4 Å². The van der Waals surface area contributed by atoms with Crippen molar-refractivity contribution in [2.24, 2.45) is 0 Å². The number of nitrogens with zero attached hydrogens (tertiary/aromatic N) is 10. The second kappa shape index (κ2) is 28.3. The quantitative estimate of drug-likeness (QED) is 0.0466. The van der Waals surface area contributed by atoms with Gasteiger partial charge in [0.05, 0.1) is 49.6 Å². The Morgan fingerprint density at radius 1 is 0.512 bits per heavy atom. The van der Waals surface area contributed by atoms with E-state index in [2.05, 4.69) is 81.6 Å². The summed E-state index contributed by atoms with van der Waals surface area (Å²) in [6.07, 6.45) is 8.47. The zero-order valence-corrected chi connectivity index (χ0v) is 55.7. The summed E-state index contributed by atoms with van der Waals surface area (Å²) in [5.74, 6) is 3.30. The Hall–Kier alpha value is -6.25. The molecule has 0 bridgehead atoms. The lowest BCUT2D eigenvalue weighted by molar-refractivity contribution is 0.330. The van der Waals surface area contributed by atoms with Gasteiger partial charge in [-0.3, -0.25) is 18.9 Å². The maximum atomic E-state index is 14.3. The fraction of sp³-hybridized carbons (Fsp3) is 0.419. The Bertz CT molecular complexity index is 3470. The number of para-hydroxylation sites is 2. The van der Waals surface area contributed by atoms with Crippen LogP contribution in [0.1, 0.15) is 47.9 Å². The Kier molecular flexibility index (Phi) is 21.1. The maximum Gasteiger partial charge on any atom is 0.246 e. The maximum absolute atomic E-state index is 14.3. The zero-order chi connectivity index (χ0) is 61.2. The predicted molar refractivity (Wildman–Crippen MR) is 349 cm³/mol. The van der Waals surface area contributed by atoms with Crippen LogP contribution in [0.2, 0.25) is 61.4 Å². The van der Waals surface area contributed by atoms with Crippen LogP contribution in [0.5, 0.6) is 11.5 Å². The molecule has 18 nitrogen and oxygen atoms in total. The summed E-state index contributed by atoms with van der Waals surface area (Å²) in [6, 6.07) is 35.1. The Morgan fingerprint density at radius 2 is 0.884 bits per heavy atom. The summed E-state index contributed by atoms with van der Waals surface area (Å²) >= 11 is 12.1. The van der Waals surface area contributed by atoms with Crippen LogP contribution in [0.3, 0.4) is 0 Å². The molecule has 0 unspecified atom stereocenters. The zero-order valence-electron chi connectivity index (χ0n) is 50.6. The first-order valence-corrected chi connectivity index (χ1v) is 40.8. The third kappa shape index (κ3) is 16.3. The summed E-state index contributed by atoms with van der Waals surface area (Å²) in [7, 11) is -7.71. The molecular weight excluding hydrogens is 1200 g/mol. The minimum Gasteiger partial charge on any atom is -0.495 e. The average Bonchev–Trinajstić information content (AvgIpc) is 2.46. The number of rotatable bonds is 26. The summed E-state index contributed by atoms with van der Waals surface area (Å²) in [6.45, 7) is 19.4. The molecule has 10 rings (SSSR count). The highest BCUT2D eigenvalue weighted by Gasteiger charge is 2.36. The van der Waals surface area contributed by atoms with Crippen LogP contribution < -0.4 is 18.1 Å². The van der Waals surface area contributed by atoms with Gasteiger partial charge in [-0.1, -0.05) is 111 Å². The number of anilines is 2. The van der Waals surface area contributed by atoms with Crippen molar-refractivity contribution in [2.75, 3.05) is 73.6 Å². The molecule has 24 heteroatoms. The van der Waals surface area contributed by atoms with Crippen molar-refractivity contribution in [1.82, 2.24) is 39.3 Å². The highest BCUT2D eigenvalue weighted by atomic mass is 35.5. The molecule has 2 aliphatic heterocycles. The molecule has 4 aromatic carbocycles. The van der Waals surface area contributed by atoms with E-state index >= 15 is 0 Å². The molecule has 0 saturated carbocycles. The monoisotopic (exact) mass is 1280 g/mol. The molecule has 6 heterocycles. The number of halogens is 2. The van der Waals surface area contributed by atoms with E-state index in [-0.39, 0.29) is 23.4 Å². The predicted octanol–water partition coefficient (Wildman–Crippen LogP) is 13.0. The van der Waals surface area contributed by atoms with Crippen LogP contribution in [0.4, 0.5) is 11.9 Å². The third-order valence-corrected chi connectivity index (χ3v) is 22.8. The number of likely N-dealkylation sites (tertiary alicyclic amines) is 2. The van der Waals surface area contributed by atoms with Crippen molar-refractivity contribution < 1.29 is 35.1 Å². The van der Waals surface area contributed by atoms with Crippen molar-refractivity contribution in [3.8, 4) is 46.0 Å². The van der Waals surface area contributed by atoms with Crippen LogP contribution in [-0.4, -0.2) is 137 Å². The van der Waals surface area contributed by atoms with Gasteiger partial charge in [0, 0.05) is 52.4 Å². The molecule has 460 valence electrons. The molecule has 2 fully saturated rings. The fourth-order valence-electron chi connectivity index (χ4n) is 10.6. The van der Waals surface area contributed by atoms with E-state index in [1.807, 2.05) is 57.7 Å². The molecular formula is C62H80Cl2N10O8S2Si2. The van der Waals surface area contributed by atoms with Gasteiger partial charge < -0.3 is 18.3 Å². The van der Waals surface area contributed by atoms with Crippen LogP contribution in [0.25, 0.3) is 34.5 Å². The van der Waals surface area contributed by atoms with Crippen molar-refractivity contribution in [2.45, 2.75) is 103 Å². The highest BCUT2D eigenvalue weighted by Crippen LogP contribution is 2.39. The van der Waals surface area contributed by atoms with E-state index in [4.69, 9.17) is 41.5 Å². The van der Waals surface area contributed by atoms with E-state index in [0.717, 1.165) is 86.2 Å². The number of hydrogen-bond donors (Lipinski definition) is 0. The number of methoxy groups -OCH3 is 2. The molecule has 0 atom stereocenters. The standard InChI is InChI=1S/2C31H40ClN5O4SSi/c2*1-40-27-10-7-9-25(23-35-17-5-6-18-35)29(27)37-30(28-11-8-20-41-28)33-34-31(37)36(19-22-43(2,3)4)42(38,39)21-16-24-12-14-26(32)15-13-24/h2*7-15,20H,5-6,16-19,21-23H2,1-4H3. The second-order valence-electron chi connectivity index (χ2n) is 24.3. The topological polar surface area (TPSA) is 187 Å². The SMILES string of the molecule is COc1cccc(CN2CCCC2)c1-n1c(-c2ccco2)nnc1N(CC[Si](C)(C)C)S(=O)(=O)CCc1ccc(Cl)cc1.COc1cccc(CN2CCCC2)c1-n1c(-c2ccco2)nnc1N(CC[Si](C)(C)C)S(=O)(=O)CCc1ccc(Cl)cc1. The first-order chi connectivity index (χ1) is 41.1. The number of aromatic nitrogens is 6. The van der Waals surface area contributed by atoms with E-state index < -0.39 is 36.2 Å². The molecule has 0 aliphatic carbocycles. The van der Waals surface area contributed by atoms with Gasteiger partial charge in [0.15, 0.2) is 11.5 Å².